The molecule has 0 N–H and O–H groups in total. The lowest BCUT2D eigenvalue weighted by molar-refractivity contribution is 0.0637. The standard InChI is InChI=1S/C29H29N3O4/c1-19-18-30-25(15-7-9-17-32-28(35)23-13-4-5-14-24(23)29(32)36)20(19)10-6-8-16-31-26(33)21-11-2-3-12-22(21)27(31)34/h2-5,10-14,19H,6-9,15-18H2,1H3/b20-10-. The zero-order chi connectivity index (χ0) is 25.2. The Morgan fingerprint density at radius 2 is 1.22 bits per heavy atom. The minimum atomic E-state index is -0.210. The molecule has 1 atom stereocenters. The third kappa shape index (κ3) is 4.30. The van der Waals surface area contributed by atoms with Crippen molar-refractivity contribution in [2.75, 3.05) is 19.6 Å². The molecule has 184 valence electrons. The summed E-state index contributed by atoms with van der Waals surface area (Å²) in [4.78, 5) is 57.5. The number of nitrogens with zero attached hydrogens (tertiary/aromatic N) is 3. The smallest absolute Gasteiger partial charge is 0.261 e. The van der Waals surface area contributed by atoms with Gasteiger partial charge in [-0.3, -0.25) is 34.0 Å². The molecule has 0 saturated carbocycles. The summed E-state index contributed by atoms with van der Waals surface area (Å²) in [5.74, 6) is -0.492. The highest BCUT2D eigenvalue weighted by Crippen LogP contribution is 2.27. The monoisotopic (exact) mass is 483 g/mol. The Hall–Kier alpha value is -3.87. The summed E-state index contributed by atoms with van der Waals surface area (Å²) in [5.41, 5.74) is 4.27. The van der Waals surface area contributed by atoms with Gasteiger partial charge in [-0.2, -0.15) is 0 Å². The topological polar surface area (TPSA) is 87.1 Å². The first kappa shape index (κ1) is 23.9. The number of allylic oxidation sites excluding steroid dienone is 1. The van der Waals surface area contributed by atoms with Crippen molar-refractivity contribution in [1.82, 2.24) is 9.80 Å². The Balaban J connectivity index is 1.09. The number of unbranched alkanes of at least 4 members (excludes halogenated alkanes) is 2. The number of fused-ring (bicyclic) bond motifs is 2. The molecule has 0 radical (unpaired) electrons. The minimum absolute atomic E-state index is 0.207. The molecule has 36 heavy (non-hydrogen) atoms. The van der Waals surface area contributed by atoms with Crippen molar-refractivity contribution in [3.8, 4) is 0 Å². The van der Waals surface area contributed by atoms with Crippen molar-refractivity contribution >= 4 is 29.3 Å². The van der Waals surface area contributed by atoms with Crippen LogP contribution < -0.4 is 0 Å². The van der Waals surface area contributed by atoms with E-state index >= 15 is 0 Å². The molecule has 3 heterocycles. The summed E-state index contributed by atoms with van der Waals surface area (Å²) in [6, 6.07) is 13.9. The van der Waals surface area contributed by atoms with Crippen LogP contribution in [0.25, 0.3) is 0 Å². The fourth-order valence-corrected chi connectivity index (χ4v) is 5.22. The molecule has 3 aliphatic heterocycles. The summed E-state index contributed by atoms with van der Waals surface area (Å²) in [5, 5.41) is 0. The molecule has 0 fully saturated rings. The zero-order valence-corrected chi connectivity index (χ0v) is 20.4. The Bertz CT molecular complexity index is 1240. The maximum atomic E-state index is 12.5. The average Bonchev–Trinajstić information content (AvgIpc) is 3.46. The number of hydrogen-bond donors (Lipinski definition) is 0. The summed E-state index contributed by atoms with van der Waals surface area (Å²) in [7, 11) is 0. The molecular weight excluding hydrogens is 454 g/mol. The maximum Gasteiger partial charge on any atom is 0.261 e. The number of imide groups is 2. The number of rotatable bonds is 9. The molecule has 0 bridgehead atoms. The lowest BCUT2D eigenvalue weighted by Gasteiger charge is -2.14. The van der Waals surface area contributed by atoms with Gasteiger partial charge in [-0.05, 0) is 61.9 Å². The number of carbonyl (C=O) groups is 4. The van der Waals surface area contributed by atoms with E-state index in [-0.39, 0.29) is 23.6 Å². The Kier molecular flexibility index (Phi) is 6.63. The number of amides is 4. The lowest BCUT2D eigenvalue weighted by Crippen LogP contribution is -2.30. The van der Waals surface area contributed by atoms with Crippen molar-refractivity contribution in [3.63, 3.8) is 0 Å². The third-order valence-corrected chi connectivity index (χ3v) is 7.17. The van der Waals surface area contributed by atoms with Crippen LogP contribution in [0.4, 0.5) is 0 Å². The lowest BCUT2D eigenvalue weighted by atomic mass is 9.95. The predicted octanol–water partition coefficient (Wildman–Crippen LogP) is 4.55. The van der Waals surface area contributed by atoms with Gasteiger partial charge < -0.3 is 0 Å². The van der Waals surface area contributed by atoms with Crippen LogP contribution in [0, 0.1) is 5.92 Å². The molecule has 2 aromatic carbocycles. The maximum absolute atomic E-state index is 12.5. The first-order valence-corrected chi connectivity index (χ1v) is 12.6. The van der Waals surface area contributed by atoms with Gasteiger partial charge in [-0.1, -0.05) is 37.3 Å². The zero-order valence-electron chi connectivity index (χ0n) is 20.4. The highest BCUT2D eigenvalue weighted by atomic mass is 16.2. The van der Waals surface area contributed by atoms with Crippen LogP contribution in [0.15, 0.2) is 65.2 Å². The van der Waals surface area contributed by atoms with E-state index in [2.05, 4.69) is 13.0 Å². The molecular formula is C29H29N3O4. The van der Waals surface area contributed by atoms with Gasteiger partial charge in [-0.15, -0.1) is 0 Å². The third-order valence-electron chi connectivity index (χ3n) is 7.17. The quantitative estimate of drug-likeness (QED) is 0.387. The molecule has 5 rings (SSSR count). The van der Waals surface area contributed by atoms with E-state index in [9.17, 15) is 19.2 Å². The van der Waals surface area contributed by atoms with Crippen LogP contribution in [-0.2, 0) is 0 Å². The molecule has 7 heteroatoms. The first-order valence-electron chi connectivity index (χ1n) is 12.6. The molecule has 7 nitrogen and oxygen atoms in total. The Morgan fingerprint density at radius 1 is 0.750 bits per heavy atom. The first-order chi connectivity index (χ1) is 17.5. The highest BCUT2D eigenvalue weighted by Gasteiger charge is 2.35. The van der Waals surface area contributed by atoms with E-state index in [0.29, 0.717) is 47.7 Å². The van der Waals surface area contributed by atoms with Crippen LogP contribution in [-0.4, -0.2) is 58.8 Å². The molecule has 0 spiro atoms. The second-order valence-corrected chi connectivity index (χ2v) is 9.56. The van der Waals surface area contributed by atoms with Crippen LogP contribution in [0.2, 0.25) is 0 Å². The second-order valence-electron chi connectivity index (χ2n) is 9.56. The van der Waals surface area contributed by atoms with Crippen LogP contribution in [0.5, 0.6) is 0 Å². The van der Waals surface area contributed by atoms with Crippen molar-refractivity contribution in [3.05, 3.63) is 82.4 Å². The number of hydrogen-bond acceptors (Lipinski definition) is 5. The van der Waals surface area contributed by atoms with E-state index in [1.807, 2.05) is 0 Å². The molecule has 1 unspecified atom stereocenters. The summed E-state index contributed by atoms with van der Waals surface area (Å²) in [6.07, 6.45) is 6.03. The van der Waals surface area contributed by atoms with Gasteiger partial charge in [0.1, 0.15) is 0 Å². The van der Waals surface area contributed by atoms with Gasteiger partial charge in [0.15, 0.2) is 0 Å². The van der Waals surface area contributed by atoms with Crippen LogP contribution in [0.3, 0.4) is 0 Å². The Morgan fingerprint density at radius 3 is 1.72 bits per heavy atom. The molecule has 0 aromatic heterocycles. The normalized spacial score (nSPS) is 20.0. The van der Waals surface area contributed by atoms with Gasteiger partial charge in [-0.25, -0.2) is 0 Å². The van der Waals surface area contributed by atoms with Gasteiger partial charge in [0.2, 0.25) is 0 Å². The molecule has 0 aliphatic carbocycles. The number of benzene rings is 2. The fourth-order valence-electron chi connectivity index (χ4n) is 5.22. The van der Waals surface area contributed by atoms with E-state index in [1.165, 1.54) is 15.4 Å². The SMILES string of the molecule is CC1CN=C(CCCCN2C(=O)c3ccccc3C2=O)/C1=C\CCCN1C(=O)c2ccccc2C1=O. The summed E-state index contributed by atoms with van der Waals surface area (Å²) in [6.45, 7) is 3.73. The van der Waals surface area contributed by atoms with Crippen LogP contribution in [0.1, 0.15) is 80.5 Å². The van der Waals surface area contributed by atoms with Gasteiger partial charge >= 0.3 is 0 Å². The summed E-state index contributed by atoms with van der Waals surface area (Å²) < 4.78 is 0. The van der Waals surface area contributed by atoms with Crippen LogP contribution >= 0.6 is 0 Å². The van der Waals surface area contributed by atoms with E-state index in [1.54, 1.807) is 48.5 Å². The van der Waals surface area contributed by atoms with Gasteiger partial charge in [0.05, 0.1) is 22.3 Å². The number of aliphatic imine (C=N–C) groups is 1. The second kappa shape index (κ2) is 10.0. The molecule has 4 amide bonds. The van der Waals surface area contributed by atoms with E-state index in [0.717, 1.165) is 37.9 Å². The highest BCUT2D eigenvalue weighted by molar-refractivity contribution is 6.22. The van der Waals surface area contributed by atoms with Crippen molar-refractivity contribution in [2.24, 2.45) is 10.9 Å². The fraction of sp³-hybridized carbons (Fsp3) is 0.345. The molecule has 0 saturated heterocycles. The van der Waals surface area contributed by atoms with E-state index in [4.69, 9.17) is 4.99 Å². The average molecular weight is 484 g/mol. The summed E-state index contributed by atoms with van der Waals surface area (Å²) >= 11 is 0. The van der Waals surface area contributed by atoms with Crippen molar-refractivity contribution < 1.29 is 19.2 Å². The Labute approximate surface area is 210 Å². The number of carbonyl (C=O) groups excluding carboxylic acids is 4. The predicted molar refractivity (Wildman–Crippen MR) is 136 cm³/mol. The van der Waals surface area contributed by atoms with Crippen molar-refractivity contribution in [1.29, 1.82) is 0 Å². The largest absolute Gasteiger partial charge is 0.289 e. The van der Waals surface area contributed by atoms with Crippen molar-refractivity contribution in [2.45, 2.75) is 39.0 Å². The van der Waals surface area contributed by atoms with Gasteiger partial charge in [0, 0.05) is 31.3 Å². The molecule has 3 aliphatic rings. The molecule has 2 aromatic rings. The van der Waals surface area contributed by atoms with Gasteiger partial charge in [0.25, 0.3) is 23.6 Å². The van der Waals surface area contributed by atoms with E-state index < -0.39 is 0 Å². The minimum Gasteiger partial charge on any atom is -0.289 e.